The number of hydrogen-bond acceptors (Lipinski definition) is 12. The summed E-state index contributed by atoms with van der Waals surface area (Å²) >= 11 is 0. The fourth-order valence-electron chi connectivity index (χ4n) is 7.10. The van der Waals surface area contributed by atoms with Gasteiger partial charge in [0.05, 0.1) is 6.61 Å². The number of unbranched alkanes of at least 4 members (excludes halogenated alkanes) is 21. The molecule has 0 saturated heterocycles. The Morgan fingerprint density at radius 3 is 1.41 bits per heavy atom. The lowest BCUT2D eigenvalue weighted by Crippen LogP contribution is -2.64. The smallest absolute Gasteiger partial charge is 0.462 e. The quantitative estimate of drug-likeness (QED) is 0.0147. The van der Waals surface area contributed by atoms with Gasteiger partial charge in [-0.15, -0.1) is 0 Å². The lowest BCUT2D eigenvalue weighted by atomic mass is 9.85. The fraction of sp³-hybridized carbons (Fsp3) is 0.830. The largest absolute Gasteiger partial charge is 0.472 e. The lowest BCUT2D eigenvalue weighted by molar-refractivity contribution is -0.220. The second-order valence-corrected chi connectivity index (χ2v) is 18.0. The van der Waals surface area contributed by atoms with Crippen LogP contribution in [0.15, 0.2) is 36.5 Å². The number of hydrogen-bond donors (Lipinski definition) is 6. The molecule has 356 valence electrons. The van der Waals surface area contributed by atoms with E-state index in [1.165, 1.54) is 109 Å². The Morgan fingerprint density at radius 2 is 0.918 bits per heavy atom. The summed E-state index contributed by atoms with van der Waals surface area (Å²) in [5, 5.41) is 50.1. The van der Waals surface area contributed by atoms with Crippen molar-refractivity contribution in [3.05, 3.63) is 36.5 Å². The number of rotatable bonds is 39. The topological polar surface area (TPSA) is 210 Å². The van der Waals surface area contributed by atoms with Crippen molar-refractivity contribution < 1.29 is 63.1 Å². The molecule has 13 nitrogen and oxygen atoms in total. The summed E-state index contributed by atoms with van der Waals surface area (Å²) in [6, 6.07) is 0. The number of carbonyl (C=O) groups is 2. The molecule has 0 aromatic rings. The van der Waals surface area contributed by atoms with Crippen molar-refractivity contribution in [3.8, 4) is 0 Å². The summed E-state index contributed by atoms with van der Waals surface area (Å²) in [6.45, 7) is 3.24. The van der Waals surface area contributed by atoms with Gasteiger partial charge in [-0.05, 0) is 57.8 Å². The number of aliphatic hydroxyl groups is 5. The minimum absolute atomic E-state index is 0.00960. The molecule has 14 heteroatoms. The van der Waals surface area contributed by atoms with Gasteiger partial charge in [-0.25, -0.2) is 4.57 Å². The number of carbonyl (C=O) groups excluding carboxylic acids is 2. The Kier molecular flexibility index (Phi) is 35.0. The van der Waals surface area contributed by atoms with Gasteiger partial charge in [0, 0.05) is 12.8 Å². The van der Waals surface area contributed by atoms with Crippen molar-refractivity contribution in [2.45, 2.75) is 236 Å². The summed E-state index contributed by atoms with van der Waals surface area (Å²) in [7, 11) is -5.13. The molecule has 6 N–H and O–H groups in total. The van der Waals surface area contributed by atoms with Crippen LogP contribution in [0.2, 0.25) is 0 Å². The third-order valence-corrected chi connectivity index (χ3v) is 12.0. The fourth-order valence-corrected chi connectivity index (χ4v) is 8.07. The highest BCUT2D eigenvalue weighted by molar-refractivity contribution is 7.47. The van der Waals surface area contributed by atoms with Gasteiger partial charge in [-0.2, -0.15) is 0 Å². The number of aliphatic hydroxyl groups excluding tert-OH is 5. The van der Waals surface area contributed by atoms with Crippen LogP contribution in [0.5, 0.6) is 0 Å². The van der Waals surface area contributed by atoms with E-state index in [4.69, 9.17) is 18.5 Å². The molecule has 1 aliphatic rings. The van der Waals surface area contributed by atoms with E-state index < -0.39 is 75.7 Å². The average Bonchev–Trinajstić information content (AvgIpc) is 3.24. The van der Waals surface area contributed by atoms with Crippen LogP contribution in [0.3, 0.4) is 0 Å². The Labute approximate surface area is 368 Å². The zero-order valence-electron chi connectivity index (χ0n) is 37.7. The molecule has 1 fully saturated rings. The van der Waals surface area contributed by atoms with Gasteiger partial charge in [0.2, 0.25) is 0 Å². The van der Waals surface area contributed by atoms with Crippen LogP contribution in [0.1, 0.15) is 194 Å². The monoisotopic (exact) mass is 889 g/mol. The Bertz CT molecular complexity index is 1210. The second kappa shape index (κ2) is 37.4. The van der Waals surface area contributed by atoms with Crippen molar-refractivity contribution in [2.24, 2.45) is 0 Å². The second-order valence-electron chi connectivity index (χ2n) is 16.6. The molecule has 0 aromatic carbocycles. The Hall–Kier alpha value is -1.93. The first-order chi connectivity index (χ1) is 29.4. The van der Waals surface area contributed by atoms with Crippen molar-refractivity contribution >= 4 is 19.8 Å². The van der Waals surface area contributed by atoms with Crippen LogP contribution < -0.4 is 0 Å². The van der Waals surface area contributed by atoms with Gasteiger partial charge in [-0.3, -0.25) is 18.6 Å². The summed E-state index contributed by atoms with van der Waals surface area (Å²) in [5.74, 6) is -1.18. The summed E-state index contributed by atoms with van der Waals surface area (Å²) < 4.78 is 33.4. The normalized spacial score (nSPS) is 22.3. The third-order valence-electron chi connectivity index (χ3n) is 11.0. The molecule has 7 unspecified atom stereocenters. The zero-order valence-corrected chi connectivity index (χ0v) is 38.6. The van der Waals surface area contributed by atoms with Gasteiger partial charge in [0.25, 0.3) is 0 Å². The van der Waals surface area contributed by atoms with Gasteiger partial charge < -0.3 is 39.9 Å². The van der Waals surface area contributed by atoms with E-state index in [0.717, 1.165) is 44.9 Å². The van der Waals surface area contributed by atoms with Crippen LogP contribution in [-0.4, -0.2) is 98.3 Å². The maximum atomic E-state index is 12.8. The van der Waals surface area contributed by atoms with Crippen LogP contribution >= 0.6 is 7.82 Å². The number of phosphoric ester groups is 1. The molecular formula is C47H85O13P. The van der Waals surface area contributed by atoms with Crippen LogP contribution in [0, 0.1) is 0 Å². The van der Waals surface area contributed by atoms with Gasteiger partial charge in [0.1, 0.15) is 43.2 Å². The van der Waals surface area contributed by atoms with E-state index in [1.807, 2.05) is 12.2 Å². The zero-order chi connectivity index (χ0) is 45.0. The van der Waals surface area contributed by atoms with Crippen LogP contribution in [0.25, 0.3) is 0 Å². The molecule has 61 heavy (non-hydrogen) atoms. The molecule has 0 spiro atoms. The predicted molar refractivity (Wildman–Crippen MR) is 240 cm³/mol. The van der Waals surface area contributed by atoms with E-state index >= 15 is 0 Å². The van der Waals surface area contributed by atoms with Gasteiger partial charge >= 0.3 is 19.8 Å². The van der Waals surface area contributed by atoms with Gasteiger partial charge in [-0.1, -0.05) is 159 Å². The molecule has 0 aromatic heterocycles. The number of allylic oxidation sites excluding steroid dienone is 6. The van der Waals surface area contributed by atoms with E-state index in [1.54, 1.807) is 0 Å². The third kappa shape index (κ3) is 30.0. The van der Waals surface area contributed by atoms with E-state index in [0.29, 0.717) is 12.8 Å². The molecule has 8 atom stereocenters. The SMILES string of the molecule is CCCCCCCC/C=C/C/C=C/CCC(=O)OC(COC(=O)CCCCCCCCC/C=C/CCCCCCCCCC)COP(=O)(O)OC1C(O)C(O)C(O)[C@H](O)C1O. The van der Waals surface area contributed by atoms with Gasteiger partial charge in [0.15, 0.2) is 6.10 Å². The molecule has 0 aliphatic heterocycles. The molecule has 1 aliphatic carbocycles. The van der Waals surface area contributed by atoms with Crippen LogP contribution in [-0.2, 0) is 32.7 Å². The highest BCUT2D eigenvalue weighted by Crippen LogP contribution is 2.47. The van der Waals surface area contributed by atoms with Crippen molar-refractivity contribution in [1.82, 2.24) is 0 Å². The number of esters is 2. The van der Waals surface area contributed by atoms with E-state index in [9.17, 15) is 44.6 Å². The molecule has 0 radical (unpaired) electrons. The van der Waals surface area contributed by atoms with Crippen LogP contribution in [0.4, 0.5) is 0 Å². The van der Waals surface area contributed by atoms with Crippen molar-refractivity contribution in [1.29, 1.82) is 0 Å². The molecule has 0 bridgehead atoms. The first-order valence-electron chi connectivity index (χ1n) is 23.8. The maximum absolute atomic E-state index is 12.8. The number of phosphoric acid groups is 1. The number of ether oxygens (including phenoxy) is 2. The summed E-state index contributed by atoms with van der Waals surface area (Å²) in [5.41, 5.74) is 0. The first-order valence-corrected chi connectivity index (χ1v) is 25.3. The van der Waals surface area contributed by atoms with Crippen molar-refractivity contribution in [2.75, 3.05) is 13.2 Å². The minimum atomic E-state index is -5.13. The Balaban J connectivity index is 2.45. The lowest BCUT2D eigenvalue weighted by Gasteiger charge is -2.41. The molecule has 0 heterocycles. The standard InChI is InChI=1S/C47H85O13P/c1-3-5-7-9-11-13-15-17-18-19-20-21-22-24-25-27-29-31-33-35-40(48)57-37-39(38-58-61(55,56)60-47-45(53)43(51)42(50)44(52)46(47)54)59-41(49)36-34-32-30-28-26-23-16-14-12-10-8-6-4-2/h19-20,23,26,30,32,39,42-47,50-54H,3-18,21-22,24-25,27-29,31,33-38H2,1-2H3,(H,55,56)/b20-19+,26-23+,32-30+/t39?,42?,43-,44?,45?,46?,47?/m0/s1. The Morgan fingerprint density at radius 1 is 0.508 bits per heavy atom. The predicted octanol–water partition coefficient (Wildman–Crippen LogP) is 9.39. The molecule has 1 saturated carbocycles. The highest BCUT2D eigenvalue weighted by atomic mass is 31.2. The molecular weight excluding hydrogens is 803 g/mol. The minimum Gasteiger partial charge on any atom is -0.462 e. The van der Waals surface area contributed by atoms with E-state index in [2.05, 4.69) is 38.2 Å². The first kappa shape index (κ1) is 57.1. The van der Waals surface area contributed by atoms with Crippen molar-refractivity contribution in [3.63, 3.8) is 0 Å². The summed E-state index contributed by atoms with van der Waals surface area (Å²) in [6.07, 6.45) is 29.3. The summed E-state index contributed by atoms with van der Waals surface area (Å²) in [4.78, 5) is 35.6. The molecule has 1 rings (SSSR count). The molecule has 0 amide bonds. The highest BCUT2D eigenvalue weighted by Gasteiger charge is 2.51. The maximum Gasteiger partial charge on any atom is 0.472 e. The van der Waals surface area contributed by atoms with E-state index in [-0.39, 0.29) is 12.8 Å². The average molecular weight is 889 g/mol.